The van der Waals surface area contributed by atoms with Crippen LogP contribution in [0, 0.1) is 0 Å². The van der Waals surface area contributed by atoms with Gasteiger partial charge in [-0.3, -0.25) is 4.90 Å². The second-order valence-corrected chi connectivity index (χ2v) is 8.17. The number of piperazine rings is 1. The summed E-state index contributed by atoms with van der Waals surface area (Å²) in [5.41, 5.74) is -1.02. The molecule has 0 radical (unpaired) electrons. The minimum atomic E-state index is -0.883. The van der Waals surface area contributed by atoms with Crippen molar-refractivity contribution < 1.29 is 23.9 Å². The molecule has 1 aliphatic heterocycles. The van der Waals surface area contributed by atoms with E-state index in [0.717, 1.165) is 0 Å². The van der Waals surface area contributed by atoms with E-state index in [0.29, 0.717) is 6.54 Å². The Hall–Kier alpha value is -1.99. The predicted octanol–water partition coefficient (Wildman–Crippen LogP) is 1.93. The van der Waals surface area contributed by atoms with Gasteiger partial charge in [0.25, 0.3) is 0 Å². The molecule has 1 aliphatic rings. The van der Waals surface area contributed by atoms with Crippen molar-refractivity contribution >= 4 is 18.1 Å². The molecule has 0 saturated carbocycles. The third kappa shape index (κ3) is 5.51. The summed E-state index contributed by atoms with van der Waals surface area (Å²) in [4.78, 5) is 41.7. The van der Waals surface area contributed by atoms with Crippen molar-refractivity contribution in [1.82, 2.24) is 14.7 Å². The lowest BCUT2D eigenvalue weighted by Crippen LogP contribution is -2.62. The summed E-state index contributed by atoms with van der Waals surface area (Å²) < 4.78 is 10.2. The number of nitrogens with zero attached hydrogens (tertiary/aromatic N) is 3. The van der Waals surface area contributed by atoms with E-state index < -0.39 is 23.7 Å². The number of urea groups is 1. The quantitative estimate of drug-likeness (QED) is 0.670. The number of carbonyl (C=O) groups excluding carboxylic acids is 3. The summed E-state index contributed by atoms with van der Waals surface area (Å²) in [6.45, 7) is 11.7. The first-order valence-electron chi connectivity index (χ1n) is 8.38. The molecule has 0 unspecified atom stereocenters. The van der Waals surface area contributed by atoms with Gasteiger partial charge in [0.1, 0.15) is 5.60 Å². The minimum Gasteiger partial charge on any atom is -0.467 e. The van der Waals surface area contributed by atoms with E-state index in [4.69, 9.17) is 9.47 Å². The van der Waals surface area contributed by atoms with Gasteiger partial charge in [-0.1, -0.05) is 0 Å². The van der Waals surface area contributed by atoms with Gasteiger partial charge in [0.05, 0.1) is 13.7 Å². The number of ether oxygens (including phenoxy) is 2. The fraction of sp³-hybridized carbons (Fsp3) is 0.824. The van der Waals surface area contributed by atoms with Crippen LogP contribution in [0.4, 0.5) is 9.59 Å². The van der Waals surface area contributed by atoms with Crippen LogP contribution >= 0.6 is 0 Å². The van der Waals surface area contributed by atoms with Crippen molar-refractivity contribution in [2.75, 3.05) is 33.8 Å². The Morgan fingerprint density at radius 3 is 2.04 bits per heavy atom. The van der Waals surface area contributed by atoms with Gasteiger partial charge in [0, 0.05) is 25.7 Å². The highest BCUT2D eigenvalue weighted by Crippen LogP contribution is 2.20. The SMILES string of the molecule is COC(=O)[C@@H]1CN(C(=O)N(C)C(C)(C)C)CCN1C(=O)OC(C)(C)C. The van der Waals surface area contributed by atoms with Crippen LogP contribution in [0.2, 0.25) is 0 Å². The molecule has 8 nitrogen and oxygen atoms in total. The second kappa shape index (κ2) is 7.49. The van der Waals surface area contributed by atoms with Crippen LogP contribution in [0.1, 0.15) is 41.5 Å². The zero-order valence-corrected chi connectivity index (χ0v) is 16.6. The van der Waals surface area contributed by atoms with E-state index in [1.54, 1.807) is 37.6 Å². The third-order valence-electron chi connectivity index (χ3n) is 4.05. The van der Waals surface area contributed by atoms with Crippen molar-refractivity contribution in [2.24, 2.45) is 0 Å². The molecule has 1 heterocycles. The Balaban J connectivity index is 2.94. The van der Waals surface area contributed by atoms with Gasteiger partial charge in [-0.05, 0) is 41.5 Å². The highest BCUT2D eigenvalue weighted by Gasteiger charge is 2.41. The van der Waals surface area contributed by atoms with E-state index >= 15 is 0 Å². The van der Waals surface area contributed by atoms with Crippen LogP contribution in [0.3, 0.4) is 0 Å². The average molecular weight is 357 g/mol. The number of methoxy groups -OCH3 is 1. The summed E-state index contributed by atoms with van der Waals surface area (Å²) in [5.74, 6) is -0.568. The van der Waals surface area contributed by atoms with E-state index in [2.05, 4.69) is 0 Å². The summed E-state index contributed by atoms with van der Waals surface area (Å²) >= 11 is 0. The molecule has 1 saturated heterocycles. The normalized spacial score (nSPS) is 18.6. The predicted molar refractivity (Wildman–Crippen MR) is 93.2 cm³/mol. The number of hydrogen-bond acceptors (Lipinski definition) is 5. The van der Waals surface area contributed by atoms with Crippen LogP contribution in [-0.4, -0.2) is 83.8 Å². The van der Waals surface area contributed by atoms with E-state index in [1.165, 1.54) is 12.0 Å². The molecular formula is C17H31N3O5. The Morgan fingerprint density at radius 2 is 1.60 bits per heavy atom. The van der Waals surface area contributed by atoms with Crippen molar-refractivity contribution in [3.05, 3.63) is 0 Å². The minimum absolute atomic E-state index is 0.0746. The molecule has 0 N–H and O–H groups in total. The fourth-order valence-electron chi connectivity index (χ4n) is 2.33. The van der Waals surface area contributed by atoms with E-state index in [1.807, 2.05) is 20.8 Å². The Bertz CT molecular complexity index is 521. The zero-order chi connectivity index (χ0) is 19.6. The molecule has 1 rings (SSSR count). The Morgan fingerprint density at radius 1 is 1.04 bits per heavy atom. The first kappa shape index (κ1) is 21.1. The lowest BCUT2D eigenvalue weighted by atomic mass is 10.1. The molecular weight excluding hydrogens is 326 g/mol. The third-order valence-corrected chi connectivity index (χ3v) is 4.05. The van der Waals surface area contributed by atoms with Crippen LogP contribution in [-0.2, 0) is 14.3 Å². The second-order valence-electron chi connectivity index (χ2n) is 8.17. The maximum atomic E-state index is 12.7. The first-order valence-corrected chi connectivity index (χ1v) is 8.38. The Labute approximate surface area is 150 Å². The van der Waals surface area contributed by atoms with Gasteiger partial charge < -0.3 is 19.3 Å². The lowest BCUT2D eigenvalue weighted by molar-refractivity contribution is -0.148. The maximum absolute atomic E-state index is 12.7. The van der Waals surface area contributed by atoms with E-state index in [-0.39, 0.29) is 24.7 Å². The number of hydrogen-bond donors (Lipinski definition) is 0. The van der Waals surface area contributed by atoms with Gasteiger partial charge in [-0.2, -0.15) is 0 Å². The topological polar surface area (TPSA) is 79.4 Å². The van der Waals surface area contributed by atoms with Crippen molar-refractivity contribution in [3.8, 4) is 0 Å². The molecule has 0 spiro atoms. The molecule has 1 fully saturated rings. The molecule has 8 heteroatoms. The summed E-state index contributed by atoms with van der Waals surface area (Å²) in [6.07, 6.45) is -0.584. The number of carbonyl (C=O) groups is 3. The van der Waals surface area contributed by atoms with Gasteiger partial charge in [-0.15, -0.1) is 0 Å². The first-order chi connectivity index (χ1) is 11.3. The number of amides is 3. The zero-order valence-electron chi connectivity index (χ0n) is 16.6. The smallest absolute Gasteiger partial charge is 0.411 e. The standard InChI is InChI=1S/C17H31N3O5/c1-16(2,3)18(7)14(22)19-9-10-20(12(11-19)13(21)24-8)15(23)25-17(4,5)6/h12H,9-11H2,1-8H3/t12-/m0/s1. The van der Waals surface area contributed by atoms with Crippen molar-refractivity contribution in [1.29, 1.82) is 0 Å². The van der Waals surface area contributed by atoms with Gasteiger partial charge in [-0.25, -0.2) is 14.4 Å². The Kier molecular flexibility index (Phi) is 6.31. The molecule has 0 aromatic heterocycles. The fourth-order valence-corrected chi connectivity index (χ4v) is 2.33. The van der Waals surface area contributed by atoms with Crippen molar-refractivity contribution in [2.45, 2.75) is 58.7 Å². The van der Waals surface area contributed by atoms with Gasteiger partial charge in [0.15, 0.2) is 6.04 Å². The van der Waals surface area contributed by atoms with E-state index in [9.17, 15) is 14.4 Å². The molecule has 0 aromatic carbocycles. The molecule has 0 aliphatic carbocycles. The molecule has 0 aromatic rings. The molecule has 3 amide bonds. The van der Waals surface area contributed by atoms with Crippen molar-refractivity contribution in [3.63, 3.8) is 0 Å². The molecule has 0 bridgehead atoms. The lowest BCUT2D eigenvalue weighted by Gasteiger charge is -2.43. The van der Waals surface area contributed by atoms with Crippen LogP contribution in [0.5, 0.6) is 0 Å². The number of esters is 1. The largest absolute Gasteiger partial charge is 0.467 e. The van der Waals surface area contributed by atoms with Crippen LogP contribution in [0.15, 0.2) is 0 Å². The highest BCUT2D eigenvalue weighted by molar-refractivity contribution is 5.84. The maximum Gasteiger partial charge on any atom is 0.411 e. The summed E-state index contributed by atoms with van der Waals surface area (Å²) in [7, 11) is 2.98. The average Bonchev–Trinajstić information content (AvgIpc) is 2.49. The summed E-state index contributed by atoms with van der Waals surface area (Å²) in [6, 6.07) is -1.07. The molecule has 1 atom stereocenters. The van der Waals surface area contributed by atoms with Gasteiger partial charge >= 0.3 is 18.1 Å². The molecule has 25 heavy (non-hydrogen) atoms. The van der Waals surface area contributed by atoms with Gasteiger partial charge in [0.2, 0.25) is 0 Å². The molecule has 144 valence electrons. The van der Waals surface area contributed by atoms with Crippen LogP contribution in [0.25, 0.3) is 0 Å². The van der Waals surface area contributed by atoms with Crippen LogP contribution < -0.4 is 0 Å². The number of rotatable bonds is 1. The highest BCUT2D eigenvalue weighted by atomic mass is 16.6. The summed E-state index contributed by atoms with van der Waals surface area (Å²) in [5, 5.41) is 0. The monoisotopic (exact) mass is 357 g/mol.